The molecule has 1 aliphatic rings. The molecule has 3 rings (SSSR count). The normalized spacial score (nSPS) is 14.7. The number of para-hydroxylation sites is 1. The van der Waals surface area contributed by atoms with Crippen molar-refractivity contribution < 1.29 is 14.7 Å². The third-order valence-electron chi connectivity index (χ3n) is 3.82. The van der Waals surface area contributed by atoms with E-state index in [1.54, 1.807) is 29.9 Å². The third-order valence-corrected chi connectivity index (χ3v) is 3.82. The van der Waals surface area contributed by atoms with Gasteiger partial charge in [0.2, 0.25) is 5.91 Å². The van der Waals surface area contributed by atoms with Gasteiger partial charge in [0.15, 0.2) is 5.69 Å². The van der Waals surface area contributed by atoms with Gasteiger partial charge in [-0.25, -0.2) is 4.79 Å². The van der Waals surface area contributed by atoms with E-state index in [2.05, 4.69) is 5.10 Å². The van der Waals surface area contributed by atoms with Crippen molar-refractivity contribution in [2.75, 3.05) is 18.6 Å². The lowest BCUT2D eigenvalue weighted by Crippen LogP contribution is -2.35. The van der Waals surface area contributed by atoms with Crippen LogP contribution in [0.1, 0.15) is 16.9 Å². The molecule has 1 fully saturated rings. The average molecular weight is 300 g/mol. The molecule has 1 aromatic heterocycles. The monoisotopic (exact) mass is 300 g/mol. The molecule has 0 saturated carbocycles. The second-order valence-electron chi connectivity index (χ2n) is 5.15. The van der Waals surface area contributed by atoms with Gasteiger partial charge < -0.3 is 5.11 Å². The van der Waals surface area contributed by atoms with Crippen molar-refractivity contribution in [2.45, 2.75) is 6.42 Å². The summed E-state index contributed by atoms with van der Waals surface area (Å²) in [4.78, 5) is 22.8. The highest BCUT2D eigenvalue weighted by atomic mass is 16.4. The Kier molecular flexibility index (Phi) is 3.32. The van der Waals surface area contributed by atoms with E-state index >= 15 is 0 Å². The van der Waals surface area contributed by atoms with Crippen LogP contribution in [-0.2, 0) is 11.8 Å². The van der Waals surface area contributed by atoms with Crippen LogP contribution in [0.5, 0.6) is 0 Å². The number of carboxylic acids is 1. The molecular formula is C15H16N4O3. The first-order valence-corrected chi connectivity index (χ1v) is 6.90. The summed E-state index contributed by atoms with van der Waals surface area (Å²) >= 11 is 0. The number of benzene rings is 1. The number of aromatic nitrogens is 2. The molecule has 0 unspecified atom stereocenters. The zero-order chi connectivity index (χ0) is 15.9. The van der Waals surface area contributed by atoms with Crippen molar-refractivity contribution in [3.63, 3.8) is 0 Å². The number of rotatable bonds is 3. The highest BCUT2D eigenvalue weighted by Gasteiger charge is 2.28. The summed E-state index contributed by atoms with van der Waals surface area (Å²) in [5, 5.41) is 16.6. The standard InChI is InChI=1S/C15H16N4O3/c1-17-13(9-11(16-17)15(21)22)10-5-3-4-6-12(10)19-8-7-14(20)18(19)2/h3-6,9H,7-8H2,1-2H3,(H,21,22). The molecule has 1 saturated heterocycles. The highest BCUT2D eigenvalue weighted by molar-refractivity contribution is 5.89. The molecule has 1 N–H and O–H groups in total. The lowest BCUT2D eigenvalue weighted by molar-refractivity contribution is -0.126. The highest BCUT2D eigenvalue weighted by Crippen LogP contribution is 2.33. The van der Waals surface area contributed by atoms with Crippen molar-refractivity contribution >= 4 is 17.6 Å². The molecule has 0 radical (unpaired) electrons. The number of carboxylic acid groups (broad SMARTS) is 1. The van der Waals surface area contributed by atoms with E-state index in [1.807, 2.05) is 29.3 Å². The number of hydrogen-bond donors (Lipinski definition) is 1. The predicted molar refractivity (Wildman–Crippen MR) is 80.3 cm³/mol. The predicted octanol–water partition coefficient (Wildman–Crippen LogP) is 1.37. The van der Waals surface area contributed by atoms with Gasteiger partial charge in [-0.2, -0.15) is 5.10 Å². The van der Waals surface area contributed by atoms with E-state index in [1.165, 1.54) is 0 Å². The van der Waals surface area contributed by atoms with Gasteiger partial charge in [-0.3, -0.25) is 19.5 Å². The summed E-state index contributed by atoms with van der Waals surface area (Å²) < 4.78 is 1.54. The Balaban J connectivity index is 2.09. The SMILES string of the molecule is CN1C(=O)CCN1c1ccccc1-c1cc(C(=O)O)nn1C. The molecule has 0 atom stereocenters. The number of hydrazine groups is 1. The van der Waals surface area contributed by atoms with Crippen LogP contribution in [0.2, 0.25) is 0 Å². The fraction of sp³-hybridized carbons (Fsp3) is 0.267. The second-order valence-corrected chi connectivity index (χ2v) is 5.15. The van der Waals surface area contributed by atoms with Gasteiger partial charge in [0.05, 0.1) is 11.4 Å². The van der Waals surface area contributed by atoms with Crippen molar-refractivity contribution in [3.05, 3.63) is 36.0 Å². The number of hydrogen-bond acceptors (Lipinski definition) is 4. The van der Waals surface area contributed by atoms with Gasteiger partial charge in [-0.15, -0.1) is 0 Å². The van der Waals surface area contributed by atoms with E-state index in [9.17, 15) is 9.59 Å². The van der Waals surface area contributed by atoms with Crippen LogP contribution in [0.15, 0.2) is 30.3 Å². The van der Waals surface area contributed by atoms with E-state index in [4.69, 9.17) is 5.11 Å². The first-order chi connectivity index (χ1) is 10.5. The minimum Gasteiger partial charge on any atom is -0.476 e. The molecule has 7 nitrogen and oxygen atoms in total. The lowest BCUT2D eigenvalue weighted by atomic mass is 10.1. The second kappa shape index (κ2) is 5.18. The maximum Gasteiger partial charge on any atom is 0.356 e. The zero-order valence-electron chi connectivity index (χ0n) is 12.4. The molecule has 114 valence electrons. The third kappa shape index (κ3) is 2.20. The average Bonchev–Trinajstić information content (AvgIpc) is 3.03. The Labute approximate surface area is 127 Å². The summed E-state index contributed by atoms with van der Waals surface area (Å²) in [5.41, 5.74) is 2.39. The molecule has 7 heteroatoms. The molecular weight excluding hydrogens is 284 g/mol. The number of carbonyl (C=O) groups is 2. The molecule has 2 heterocycles. The molecule has 2 aromatic rings. The summed E-state index contributed by atoms with van der Waals surface area (Å²) in [7, 11) is 3.44. The van der Waals surface area contributed by atoms with E-state index < -0.39 is 5.97 Å². The summed E-state index contributed by atoms with van der Waals surface area (Å²) in [6, 6.07) is 9.12. The molecule has 1 aliphatic heterocycles. The Morgan fingerprint density at radius 2 is 2.00 bits per heavy atom. The van der Waals surface area contributed by atoms with E-state index in [0.29, 0.717) is 18.7 Å². The molecule has 0 bridgehead atoms. The largest absolute Gasteiger partial charge is 0.476 e. The van der Waals surface area contributed by atoms with Gasteiger partial charge in [0, 0.05) is 32.6 Å². The summed E-state index contributed by atoms with van der Waals surface area (Å²) in [6.45, 7) is 0.607. The number of nitrogens with zero attached hydrogens (tertiary/aromatic N) is 4. The smallest absolute Gasteiger partial charge is 0.356 e. The van der Waals surface area contributed by atoms with Crippen LogP contribution in [0.4, 0.5) is 5.69 Å². The lowest BCUT2D eigenvalue weighted by Gasteiger charge is -2.28. The van der Waals surface area contributed by atoms with Crippen LogP contribution >= 0.6 is 0 Å². The summed E-state index contributed by atoms with van der Waals surface area (Å²) in [6.07, 6.45) is 0.469. The number of amides is 1. The molecule has 1 aromatic carbocycles. The maximum absolute atomic E-state index is 11.8. The Hall–Kier alpha value is -2.83. The minimum atomic E-state index is -1.06. The first kappa shape index (κ1) is 14.1. The Bertz CT molecular complexity index is 753. The van der Waals surface area contributed by atoms with Crippen LogP contribution in [0, 0.1) is 0 Å². The van der Waals surface area contributed by atoms with Crippen molar-refractivity contribution in [1.82, 2.24) is 14.8 Å². The van der Waals surface area contributed by atoms with Crippen molar-refractivity contribution in [2.24, 2.45) is 7.05 Å². The number of aromatic carboxylic acids is 1. The number of aryl methyl sites for hydroxylation is 1. The van der Waals surface area contributed by atoms with Gasteiger partial charge in [0.25, 0.3) is 0 Å². The van der Waals surface area contributed by atoms with Crippen molar-refractivity contribution in [1.29, 1.82) is 0 Å². The maximum atomic E-state index is 11.8. The van der Waals surface area contributed by atoms with Gasteiger partial charge >= 0.3 is 5.97 Å². The number of carbonyl (C=O) groups excluding carboxylic acids is 1. The van der Waals surface area contributed by atoms with E-state index in [0.717, 1.165) is 11.3 Å². The first-order valence-electron chi connectivity index (χ1n) is 6.90. The Morgan fingerprint density at radius 3 is 2.59 bits per heavy atom. The van der Waals surface area contributed by atoms with Gasteiger partial charge in [-0.1, -0.05) is 18.2 Å². The zero-order valence-corrected chi connectivity index (χ0v) is 12.4. The van der Waals surface area contributed by atoms with Crippen LogP contribution < -0.4 is 5.01 Å². The van der Waals surface area contributed by atoms with Crippen LogP contribution in [0.25, 0.3) is 11.3 Å². The summed E-state index contributed by atoms with van der Waals surface area (Å²) in [5.74, 6) is -1.00. The quantitative estimate of drug-likeness (QED) is 0.926. The topological polar surface area (TPSA) is 78.7 Å². The molecule has 0 aliphatic carbocycles. The molecule has 1 amide bonds. The van der Waals surface area contributed by atoms with Gasteiger partial charge in [0.1, 0.15) is 0 Å². The number of anilines is 1. The van der Waals surface area contributed by atoms with Crippen LogP contribution in [-0.4, -0.2) is 45.4 Å². The Morgan fingerprint density at radius 1 is 1.27 bits per heavy atom. The fourth-order valence-electron chi connectivity index (χ4n) is 2.67. The molecule has 0 spiro atoms. The fourth-order valence-corrected chi connectivity index (χ4v) is 2.67. The van der Waals surface area contributed by atoms with Gasteiger partial charge in [-0.05, 0) is 12.1 Å². The minimum absolute atomic E-state index is 0.00171. The van der Waals surface area contributed by atoms with Crippen molar-refractivity contribution in [3.8, 4) is 11.3 Å². The van der Waals surface area contributed by atoms with E-state index in [-0.39, 0.29) is 11.6 Å². The molecule has 22 heavy (non-hydrogen) atoms. The van der Waals surface area contributed by atoms with Crippen LogP contribution in [0.3, 0.4) is 0 Å².